The summed E-state index contributed by atoms with van der Waals surface area (Å²) >= 11 is 0. The highest BCUT2D eigenvalue weighted by Crippen LogP contribution is 1.91. The fourth-order valence-electron chi connectivity index (χ4n) is 0.773. The minimum atomic E-state index is 0.723. The van der Waals surface area contributed by atoms with Crippen LogP contribution in [0.15, 0.2) is 12.3 Å². The van der Waals surface area contributed by atoms with Crippen LogP contribution in [0, 0.1) is 6.92 Å². The zero-order chi connectivity index (χ0) is 7.40. The molecule has 0 saturated heterocycles. The second-order valence-corrected chi connectivity index (χ2v) is 2.21. The summed E-state index contributed by atoms with van der Waals surface area (Å²) in [5.41, 5.74) is 1.05. The molecule has 1 heterocycles. The summed E-state index contributed by atoms with van der Waals surface area (Å²) in [6, 6.07) is 1.98. The molecule has 0 N–H and O–H groups in total. The number of aromatic nitrogens is 2. The van der Waals surface area contributed by atoms with E-state index in [1.807, 2.05) is 23.9 Å². The lowest BCUT2D eigenvalue weighted by atomic mass is 10.5. The minimum Gasteiger partial charge on any atom is -0.383 e. The van der Waals surface area contributed by atoms with Gasteiger partial charge in [0.2, 0.25) is 0 Å². The minimum absolute atomic E-state index is 0.723. The SMILES string of the molecule is COCCn1ccc(C)n1. The summed E-state index contributed by atoms with van der Waals surface area (Å²) in [6.07, 6.45) is 1.95. The molecule has 0 amide bonds. The quantitative estimate of drug-likeness (QED) is 0.622. The van der Waals surface area contributed by atoms with Crippen LogP contribution in [0.3, 0.4) is 0 Å². The van der Waals surface area contributed by atoms with Crippen molar-refractivity contribution in [3.8, 4) is 0 Å². The van der Waals surface area contributed by atoms with Gasteiger partial charge in [0.05, 0.1) is 18.8 Å². The third-order valence-corrected chi connectivity index (χ3v) is 1.30. The van der Waals surface area contributed by atoms with Crippen LogP contribution in [-0.2, 0) is 11.3 Å². The van der Waals surface area contributed by atoms with E-state index >= 15 is 0 Å². The highest BCUT2D eigenvalue weighted by atomic mass is 16.5. The molecule has 0 saturated carbocycles. The van der Waals surface area contributed by atoms with Gasteiger partial charge in [-0.05, 0) is 13.0 Å². The number of ether oxygens (including phenoxy) is 1. The molecule has 3 nitrogen and oxygen atoms in total. The molecule has 0 radical (unpaired) electrons. The number of methoxy groups -OCH3 is 1. The summed E-state index contributed by atoms with van der Waals surface area (Å²) in [6.45, 7) is 3.54. The maximum atomic E-state index is 4.89. The standard InChI is InChI=1S/C7H12N2O/c1-7-3-4-9(8-7)5-6-10-2/h3-4H,5-6H2,1-2H3. The number of nitrogens with zero attached hydrogens (tertiary/aromatic N) is 2. The van der Waals surface area contributed by atoms with E-state index in [0.717, 1.165) is 18.8 Å². The van der Waals surface area contributed by atoms with E-state index in [-0.39, 0.29) is 0 Å². The van der Waals surface area contributed by atoms with Crippen molar-refractivity contribution in [3.63, 3.8) is 0 Å². The third-order valence-electron chi connectivity index (χ3n) is 1.30. The molecule has 0 aliphatic carbocycles. The fraction of sp³-hybridized carbons (Fsp3) is 0.571. The van der Waals surface area contributed by atoms with E-state index in [2.05, 4.69) is 5.10 Å². The van der Waals surface area contributed by atoms with Gasteiger partial charge in [-0.3, -0.25) is 4.68 Å². The van der Waals surface area contributed by atoms with Crippen LogP contribution in [0.4, 0.5) is 0 Å². The Morgan fingerprint density at radius 1 is 1.70 bits per heavy atom. The van der Waals surface area contributed by atoms with Gasteiger partial charge in [0.1, 0.15) is 0 Å². The zero-order valence-corrected chi connectivity index (χ0v) is 6.37. The Bertz CT molecular complexity index is 195. The van der Waals surface area contributed by atoms with Crippen LogP contribution in [-0.4, -0.2) is 23.5 Å². The fourth-order valence-corrected chi connectivity index (χ4v) is 0.773. The molecule has 1 aromatic rings. The molecule has 0 aliphatic heterocycles. The van der Waals surface area contributed by atoms with Gasteiger partial charge < -0.3 is 4.74 Å². The Kier molecular flexibility index (Phi) is 2.45. The number of rotatable bonds is 3. The maximum absolute atomic E-state index is 4.89. The smallest absolute Gasteiger partial charge is 0.0658 e. The van der Waals surface area contributed by atoms with Crippen LogP contribution in [0.2, 0.25) is 0 Å². The molecule has 1 aromatic heterocycles. The highest BCUT2D eigenvalue weighted by molar-refractivity contribution is 4.94. The molecular weight excluding hydrogens is 128 g/mol. The van der Waals surface area contributed by atoms with E-state index in [4.69, 9.17) is 4.74 Å². The third kappa shape index (κ3) is 1.84. The predicted octanol–water partition coefficient (Wildman–Crippen LogP) is 0.838. The average molecular weight is 140 g/mol. The van der Waals surface area contributed by atoms with Gasteiger partial charge >= 0.3 is 0 Å². The molecular formula is C7H12N2O. The van der Waals surface area contributed by atoms with E-state index in [0.29, 0.717) is 0 Å². The van der Waals surface area contributed by atoms with Crippen molar-refractivity contribution in [2.24, 2.45) is 0 Å². The first kappa shape index (κ1) is 7.28. The summed E-state index contributed by atoms with van der Waals surface area (Å²) in [7, 11) is 1.69. The normalized spacial score (nSPS) is 10.2. The first-order valence-corrected chi connectivity index (χ1v) is 3.32. The van der Waals surface area contributed by atoms with Crippen molar-refractivity contribution >= 4 is 0 Å². The van der Waals surface area contributed by atoms with Crippen LogP contribution in [0.5, 0.6) is 0 Å². The van der Waals surface area contributed by atoms with Crippen LogP contribution >= 0.6 is 0 Å². The number of hydrogen-bond acceptors (Lipinski definition) is 2. The molecule has 0 aromatic carbocycles. The first-order valence-electron chi connectivity index (χ1n) is 3.32. The van der Waals surface area contributed by atoms with Gasteiger partial charge in [-0.15, -0.1) is 0 Å². The van der Waals surface area contributed by atoms with Gasteiger partial charge in [0, 0.05) is 13.3 Å². The lowest BCUT2D eigenvalue weighted by Crippen LogP contribution is -2.04. The van der Waals surface area contributed by atoms with Crippen LogP contribution in [0.1, 0.15) is 5.69 Å². The van der Waals surface area contributed by atoms with Crippen LogP contribution < -0.4 is 0 Å². The van der Waals surface area contributed by atoms with E-state index in [1.165, 1.54) is 0 Å². The Morgan fingerprint density at radius 3 is 3.00 bits per heavy atom. The summed E-state index contributed by atoms with van der Waals surface area (Å²) < 4.78 is 6.77. The van der Waals surface area contributed by atoms with Crippen molar-refractivity contribution < 1.29 is 4.74 Å². The lowest BCUT2D eigenvalue weighted by Gasteiger charge is -1.97. The molecule has 0 spiro atoms. The molecule has 0 unspecified atom stereocenters. The average Bonchev–Trinajstić information content (AvgIpc) is 2.31. The van der Waals surface area contributed by atoms with Crippen molar-refractivity contribution in [1.29, 1.82) is 0 Å². The van der Waals surface area contributed by atoms with E-state index in [1.54, 1.807) is 7.11 Å². The number of hydrogen-bond donors (Lipinski definition) is 0. The molecule has 0 atom stereocenters. The Hall–Kier alpha value is -0.830. The Balaban J connectivity index is 2.42. The summed E-state index contributed by atoms with van der Waals surface area (Å²) in [5, 5.41) is 4.18. The second kappa shape index (κ2) is 3.37. The van der Waals surface area contributed by atoms with E-state index < -0.39 is 0 Å². The van der Waals surface area contributed by atoms with Gasteiger partial charge in [-0.25, -0.2) is 0 Å². The summed E-state index contributed by atoms with van der Waals surface area (Å²) in [5.74, 6) is 0. The molecule has 1 rings (SSSR count). The van der Waals surface area contributed by atoms with Crippen molar-refractivity contribution in [2.75, 3.05) is 13.7 Å². The van der Waals surface area contributed by atoms with Gasteiger partial charge in [-0.2, -0.15) is 5.10 Å². The molecule has 0 fully saturated rings. The maximum Gasteiger partial charge on any atom is 0.0658 e. The molecule has 3 heteroatoms. The molecule has 10 heavy (non-hydrogen) atoms. The lowest BCUT2D eigenvalue weighted by molar-refractivity contribution is 0.183. The Labute approximate surface area is 60.6 Å². The van der Waals surface area contributed by atoms with Crippen molar-refractivity contribution in [1.82, 2.24) is 9.78 Å². The van der Waals surface area contributed by atoms with Crippen molar-refractivity contribution in [2.45, 2.75) is 13.5 Å². The summed E-state index contributed by atoms with van der Waals surface area (Å²) in [4.78, 5) is 0. The number of aryl methyl sites for hydroxylation is 1. The Morgan fingerprint density at radius 2 is 2.50 bits per heavy atom. The predicted molar refractivity (Wildman–Crippen MR) is 38.8 cm³/mol. The van der Waals surface area contributed by atoms with E-state index in [9.17, 15) is 0 Å². The zero-order valence-electron chi connectivity index (χ0n) is 6.37. The first-order chi connectivity index (χ1) is 4.83. The van der Waals surface area contributed by atoms with Gasteiger partial charge in [0.15, 0.2) is 0 Å². The molecule has 56 valence electrons. The monoisotopic (exact) mass is 140 g/mol. The van der Waals surface area contributed by atoms with Crippen LogP contribution in [0.25, 0.3) is 0 Å². The van der Waals surface area contributed by atoms with Gasteiger partial charge in [-0.1, -0.05) is 0 Å². The second-order valence-electron chi connectivity index (χ2n) is 2.21. The topological polar surface area (TPSA) is 27.1 Å². The van der Waals surface area contributed by atoms with Crippen molar-refractivity contribution in [3.05, 3.63) is 18.0 Å². The van der Waals surface area contributed by atoms with Gasteiger partial charge in [0.25, 0.3) is 0 Å². The largest absolute Gasteiger partial charge is 0.383 e. The highest BCUT2D eigenvalue weighted by Gasteiger charge is 1.90. The molecule has 0 bridgehead atoms. The molecule has 0 aliphatic rings.